The summed E-state index contributed by atoms with van der Waals surface area (Å²) < 4.78 is 7.02. The van der Waals surface area contributed by atoms with E-state index in [9.17, 15) is 9.59 Å². The molecular weight excluding hydrogens is 454 g/mol. The van der Waals surface area contributed by atoms with E-state index in [1.54, 1.807) is 35.1 Å². The maximum absolute atomic E-state index is 13.0. The van der Waals surface area contributed by atoms with Gasteiger partial charge in [0, 0.05) is 11.6 Å². The van der Waals surface area contributed by atoms with E-state index in [0.717, 1.165) is 34.1 Å². The number of nitrogens with zero attached hydrogens (tertiary/aromatic N) is 2. The summed E-state index contributed by atoms with van der Waals surface area (Å²) in [5.41, 5.74) is 3.21. The molecule has 0 aliphatic heterocycles. The second-order valence-electron chi connectivity index (χ2n) is 7.85. The fourth-order valence-electron chi connectivity index (χ4n) is 3.74. The number of benzene rings is 3. The maximum atomic E-state index is 13.0. The van der Waals surface area contributed by atoms with Crippen LogP contribution in [0.5, 0.6) is 5.75 Å². The van der Waals surface area contributed by atoms with Crippen molar-refractivity contribution in [3.05, 3.63) is 88.7 Å². The normalized spacial score (nSPS) is 10.9. The minimum absolute atomic E-state index is 0.179. The van der Waals surface area contributed by atoms with E-state index < -0.39 is 5.97 Å². The van der Waals surface area contributed by atoms with Gasteiger partial charge in [-0.15, -0.1) is 0 Å². The highest BCUT2D eigenvalue weighted by Crippen LogP contribution is 2.23. The molecule has 0 atom stereocenters. The molecule has 1 amide bonds. The van der Waals surface area contributed by atoms with Crippen LogP contribution in [-0.2, 0) is 17.8 Å². The number of carbonyl (C=O) groups is 2. The lowest BCUT2D eigenvalue weighted by atomic mass is 10.1. The predicted molar refractivity (Wildman–Crippen MR) is 131 cm³/mol. The highest BCUT2D eigenvalue weighted by molar-refractivity contribution is 6.30. The van der Waals surface area contributed by atoms with Gasteiger partial charge in [0.1, 0.15) is 5.75 Å². The molecule has 1 heterocycles. The average molecular weight is 478 g/mol. The molecule has 8 heteroatoms. The highest BCUT2D eigenvalue weighted by Gasteiger charge is 2.18. The van der Waals surface area contributed by atoms with Gasteiger partial charge in [0.2, 0.25) is 0 Å². The van der Waals surface area contributed by atoms with Crippen LogP contribution in [0.1, 0.15) is 35.0 Å². The average Bonchev–Trinajstić information content (AvgIpc) is 3.25. The summed E-state index contributed by atoms with van der Waals surface area (Å²) in [5, 5.41) is 18.7. The smallest absolute Gasteiger partial charge is 0.341 e. The summed E-state index contributed by atoms with van der Waals surface area (Å²) in [5.74, 6) is -0.703. The Balaban J connectivity index is 1.48. The summed E-state index contributed by atoms with van der Waals surface area (Å²) in [6.07, 6.45) is 3.20. The Kier molecular flexibility index (Phi) is 7.13. The highest BCUT2D eigenvalue weighted by atomic mass is 35.5. The van der Waals surface area contributed by atoms with Crippen LogP contribution in [-0.4, -0.2) is 33.4 Å². The number of carboxylic acid groups (broad SMARTS) is 1. The fraction of sp³-hybridized carbons (Fsp3) is 0.192. The van der Waals surface area contributed by atoms with Gasteiger partial charge in [-0.3, -0.25) is 4.79 Å². The third-order valence-electron chi connectivity index (χ3n) is 5.36. The number of hydrogen-bond acceptors (Lipinski definition) is 4. The number of rotatable bonds is 9. The molecule has 0 bridgehead atoms. The molecule has 4 rings (SSSR count). The third kappa shape index (κ3) is 5.38. The number of aromatic nitrogens is 2. The predicted octanol–water partition coefficient (Wildman–Crippen LogP) is 5.02. The van der Waals surface area contributed by atoms with E-state index in [-0.39, 0.29) is 12.5 Å². The van der Waals surface area contributed by atoms with Crippen molar-refractivity contribution in [1.82, 2.24) is 15.1 Å². The quantitative estimate of drug-likeness (QED) is 0.353. The zero-order valence-corrected chi connectivity index (χ0v) is 19.4. The van der Waals surface area contributed by atoms with Crippen molar-refractivity contribution in [2.24, 2.45) is 0 Å². The molecule has 7 nitrogen and oxygen atoms in total. The molecule has 0 spiro atoms. The van der Waals surface area contributed by atoms with Crippen LogP contribution >= 0.6 is 11.6 Å². The van der Waals surface area contributed by atoms with Gasteiger partial charge in [-0.1, -0.05) is 43.1 Å². The summed E-state index contributed by atoms with van der Waals surface area (Å²) in [7, 11) is 0. The Morgan fingerprint density at radius 2 is 1.79 bits per heavy atom. The molecule has 2 N–H and O–H groups in total. The fourth-order valence-corrected chi connectivity index (χ4v) is 3.87. The van der Waals surface area contributed by atoms with E-state index in [4.69, 9.17) is 21.4 Å². The maximum Gasteiger partial charge on any atom is 0.341 e. The summed E-state index contributed by atoms with van der Waals surface area (Å²) in [6, 6.07) is 18.6. The molecule has 174 valence electrons. The number of hydrogen-bond donors (Lipinski definition) is 2. The molecule has 0 fully saturated rings. The van der Waals surface area contributed by atoms with Crippen LogP contribution in [0.4, 0.5) is 0 Å². The molecule has 0 saturated heterocycles. The van der Waals surface area contributed by atoms with Gasteiger partial charge in [0.05, 0.1) is 23.1 Å². The molecule has 34 heavy (non-hydrogen) atoms. The van der Waals surface area contributed by atoms with Crippen molar-refractivity contribution in [1.29, 1.82) is 0 Å². The van der Waals surface area contributed by atoms with Crippen molar-refractivity contribution in [3.63, 3.8) is 0 Å². The second-order valence-corrected chi connectivity index (χ2v) is 8.29. The number of amides is 1. The molecule has 0 saturated carbocycles. The van der Waals surface area contributed by atoms with Crippen LogP contribution in [0.25, 0.3) is 16.5 Å². The van der Waals surface area contributed by atoms with Crippen LogP contribution < -0.4 is 10.1 Å². The van der Waals surface area contributed by atoms with Crippen molar-refractivity contribution in [2.45, 2.75) is 26.3 Å². The van der Waals surface area contributed by atoms with E-state index >= 15 is 0 Å². The lowest BCUT2D eigenvalue weighted by molar-refractivity contribution is -0.139. The van der Waals surface area contributed by atoms with E-state index in [0.29, 0.717) is 29.3 Å². The first kappa shape index (κ1) is 23.3. The Bertz CT molecular complexity index is 1330. The number of carboxylic acids is 1. The largest absolute Gasteiger partial charge is 0.482 e. The first-order chi connectivity index (χ1) is 16.4. The summed E-state index contributed by atoms with van der Waals surface area (Å²) in [4.78, 5) is 23.7. The first-order valence-corrected chi connectivity index (χ1v) is 11.3. The van der Waals surface area contributed by atoms with Crippen molar-refractivity contribution in [2.75, 3.05) is 6.61 Å². The molecule has 4 aromatic rings. The Labute approximate surface area is 201 Å². The van der Waals surface area contributed by atoms with Gasteiger partial charge in [0.15, 0.2) is 6.61 Å². The van der Waals surface area contributed by atoms with Crippen LogP contribution in [0.3, 0.4) is 0 Å². The molecule has 0 aliphatic rings. The molecule has 0 radical (unpaired) electrons. The summed E-state index contributed by atoms with van der Waals surface area (Å²) in [6.45, 7) is 2.04. The molecule has 3 aromatic carbocycles. The number of nitrogens with one attached hydrogen (secondary N) is 1. The molecule has 0 unspecified atom stereocenters. The van der Waals surface area contributed by atoms with Gasteiger partial charge in [-0.05, 0) is 65.2 Å². The third-order valence-corrected chi connectivity index (χ3v) is 5.61. The van der Waals surface area contributed by atoms with E-state index in [2.05, 4.69) is 17.3 Å². The topological polar surface area (TPSA) is 93.4 Å². The SMILES string of the molecule is CCCc1c(C(=O)NCc2ccc3cc(OCC(=O)O)ccc3c2)cnn1-c1ccc(Cl)cc1. The number of halogens is 1. The number of aliphatic carboxylic acids is 1. The van der Waals surface area contributed by atoms with Crippen molar-refractivity contribution < 1.29 is 19.4 Å². The van der Waals surface area contributed by atoms with E-state index in [1.807, 2.05) is 36.4 Å². The standard InChI is InChI=1S/C26H24ClN3O4/c1-2-3-24-23(15-29-30(24)21-9-7-20(27)8-10-21)26(33)28-14-17-4-5-19-13-22(34-16-25(31)32)11-6-18(19)12-17/h4-13,15H,2-3,14,16H2,1H3,(H,28,33)(H,31,32). The summed E-state index contributed by atoms with van der Waals surface area (Å²) >= 11 is 6.00. The minimum atomic E-state index is -1.02. The minimum Gasteiger partial charge on any atom is -0.482 e. The Hall–Kier alpha value is -3.84. The Morgan fingerprint density at radius 3 is 2.53 bits per heavy atom. The number of carbonyl (C=O) groups excluding carboxylic acids is 1. The molecule has 0 aliphatic carbocycles. The van der Waals surface area contributed by atoms with Gasteiger partial charge in [-0.25, -0.2) is 9.48 Å². The van der Waals surface area contributed by atoms with Crippen LogP contribution in [0, 0.1) is 0 Å². The Morgan fingerprint density at radius 1 is 1.06 bits per heavy atom. The van der Waals surface area contributed by atoms with E-state index in [1.165, 1.54) is 0 Å². The molecular formula is C26H24ClN3O4. The van der Waals surface area contributed by atoms with Gasteiger partial charge >= 0.3 is 5.97 Å². The van der Waals surface area contributed by atoms with Gasteiger partial charge in [-0.2, -0.15) is 5.10 Å². The van der Waals surface area contributed by atoms with Gasteiger partial charge in [0.25, 0.3) is 5.91 Å². The second kappa shape index (κ2) is 10.4. The van der Waals surface area contributed by atoms with Crippen LogP contribution in [0.2, 0.25) is 5.02 Å². The number of ether oxygens (including phenoxy) is 1. The van der Waals surface area contributed by atoms with Crippen molar-refractivity contribution >= 4 is 34.2 Å². The van der Waals surface area contributed by atoms with Gasteiger partial charge < -0.3 is 15.2 Å². The lowest BCUT2D eigenvalue weighted by Gasteiger charge is -2.10. The number of fused-ring (bicyclic) bond motifs is 1. The van der Waals surface area contributed by atoms with Crippen molar-refractivity contribution in [3.8, 4) is 11.4 Å². The zero-order chi connectivity index (χ0) is 24.1. The molecule has 1 aromatic heterocycles. The van der Waals surface area contributed by atoms with Crippen LogP contribution in [0.15, 0.2) is 66.9 Å². The monoisotopic (exact) mass is 477 g/mol. The first-order valence-electron chi connectivity index (χ1n) is 10.9. The lowest BCUT2D eigenvalue weighted by Crippen LogP contribution is -2.24. The zero-order valence-electron chi connectivity index (χ0n) is 18.6.